The van der Waals surface area contributed by atoms with Gasteiger partial charge in [0, 0.05) is 43.4 Å². The summed E-state index contributed by atoms with van der Waals surface area (Å²) in [5, 5.41) is 0. The van der Waals surface area contributed by atoms with E-state index in [0.29, 0.717) is 13.0 Å². The zero-order valence-electron chi connectivity index (χ0n) is 14.5. The van der Waals surface area contributed by atoms with E-state index in [0.717, 1.165) is 35.5 Å². The Bertz CT molecular complexity index is 801. The van der Waals surface area contributed by atoms with Crippen molar-refractivity contribution in [2.45, 2.75) is 24.9 Å². The van der Waals surface area contributed by atoms with Crippen LogP contribution < -0.4 is 4.90 Å². The van der Waals surface area contributed by atoms with Crippen molar-refractivity contribution in [3.63, 3.8) is 0 Å². The van der Waals surface area contributed by atoms with Crippen LogP contribution in [0.5, 0.6) is 0 Å². The maximum atomic E-state index is 13.7. The maximum absolute atomic E-state index is 13.7. The van der Waals surface area contributed by atoms with Gasteiger partial charge in [-0.15, -0.1) is 0 Å². The van der Waals surface area contributed by atoms with Crippen LogP contribution in [0, 0.1) is 0 Å². The van der Waals surface area contributed by atoms with Crippen LogP contribution in [0.4, 0.5) is 10.2 Å². The van der Waals surface area contributed by atoms with Crippen molar-refractivity contribution >= 4 is 5.82 Å². The second kappa shape index (κ2) is 7.60. The monoisotopic (exact) mass is 348 g/mol. The number of hydrogen-bond acceptors (Lipinski definition) is 4. The minimum atomic E-state index is -0.766. The first-order valence-electron chi connectivity index (χ1n) is 8.94. The summed E-state index contributed by atoms with van der Waals surface area (Å²) in [6.07, 6.45) is 9.74. The van der Waals surface area contributed by atoms with E-state index < -0.39 is 6.17 Å². The third-order valence-corrected chi connectivity index (χ3v) is 4.90. The fourth-order valence-electron chi connectivity index (χ4n) is 3.60. The molecule has 1 unspecified atom stereocenters. The van der Waals surface area contributed by atoms with Crippen LogP contribution in [0.15, 0.2) is 67.4 Å². The Morgan fingerprint density at radius 1 is 1.00 bits per heavy atom. The normalized spacial score (nSPS) is 17.0. The summed E-state index contributed by atoms with van der Waals surface area (Å²) in [4.78, 5) is 15.2. The average Bonchev–Trinajstić information content (AvgIpc) is 3.14. The second-order valence-electron chi connectivity index (χ2n) is 6.65. The van der Waals surface area contributed by atoms with Crippen LogP contribution in [-0.4, -0.2) is 34.2 Å². The van der Waals surface area contributed by atoms with Gasteiger partial charge < -0.3 is 4.90 Å². The first kappa shape index (κ1) is 16.6. The number of anilines is 1. The molecule has 5 heteroatoms. The molecule has 1 fully saturated rings. The van der Waals surface area contributed by atoms with Crippen LogP contribution in [0.3, 0.4) is 0 Å². The van der Waals surface area contributed by atoms with Gasteiger partial charge in [-0.3, -0.25) is 9.97 Å². The molecule has 1 atom stereocenters. The minimum absolute atomic E-state index is 0.129. The third-order valence-electron chi connectivity index (χ3n) is 4.90. The first-order chi connectivity index (χ1) is 12.8. The second-order valence-corrected chi connectivity index (χ2v) is 6.65. The number of rotatable bonds is 5. The summed E-state index contributed by atoms with van der Waals surface area (Å²) in [5.74, 6) is 1.02. The van der Waals surface area contributed by atoms with Crippen LogP contribution >= 0.6 is 0 Å². The molecular formula is C21H21FN4. The Balaban J connectivity index is 1.69. The van der Waals surface area contributed by atoms with Gasteiger partial charge in [-0.25, -0.2) is 9.37 Å². The standard InChI is InChI=1S/C21H21FN4/c22-19-7-11-26(15-19)21-16(4-3-10-25-21)12-20(17-5-1-8-23-13-17)18-6-2-9-24-14-18/h1-6,8-10,13-14,19-20H,7,11-12,15H2. The Hall–Kier alpha value is -2.82. The minimum Gasteiger partial charge on any atom is -0.353 e. The summed E-state index contributed by atoms with van der Waals surface area (Å²) in [5.41, 5.74) is 3.40. The van der Waals surface area contributed by atoms with Crippen molar-refractivity contribution in [3.8, 4) is 0 Å². The number of hydrogen-bond donors (Lipinski definition) is 0. The molecule has 0 saturated carbocycles. The predicted molar refractivity (Wildman–Crippen MR) is 100.0 cm³/mol. The smallest absolute Gasteiger partial charge is 0.131 e. The molecular weight excluding hydrogens is 327 g/mol. The SMILES string of the molecule is FC1CCN(c2ncccc2CC(c2cccnc2)c2cccnc2)C1. The third kappa shape index (κ3) is 3.57. The highest BCUT2D eigenvalue weighted by Gasteiger charge is 2.26. The molecule has 26 heavy (non-hydrogen) atoms. The van der Waals surface area contributed by atoms with Gasteiger partial charge in [0.15, 0.2) is 0 Å². The molecule has 132 valence electrons. The molecule has 3 aromatic heterocycles. The van der Waals surface area contributed by atoms with Gasteiger partial charge in [0.25, 0.3) is 0 Å². The molecule has 4 rings (SSSR count). The summed E-state index contributed by atoms with van der Waals surface area (Å²) in [6.45, 7) is 1.14. The summed E-state index contributed by atoms with van der Waals surface area (Å²) in [7, 11) is 0. The van der Waals surface area contributed by atoms with E-state index in [1.165, 1.54) is 0 Å². The molecule has 1 aliphatic rings. The van der Waals surface area contributed by atoms with Crippen molar-refractivity contribution in [2.75, 3.05) is 18.0 Å². The van der Waals surface area contributed by atoms with Gasteiger partial charge in [-0.2, -0.15) is 0 Å². The lowest BCUT2D eigenvalue weighted by Gasteiger charge is -2.23. The summed E-state index contributed by atoms with van der Waals surface area (Å²) < 4.78 is 13.7. The molecule has 1 aliphatic heterocycles. The first-order valence-corrected chi connectivity index (χ1v) is 8.94. The van der Waals surface area contributed by atoms with Crippen molar-refractivity contribution in [3.05, 3.63) is 84.1 Å². The number of nitrogens with zero attached hydrogens (tertiary/aromatic N) is 4. The average molecular weight is 348 g/mol. The van der Waals surface area contributed by atoms with Gasteiger partial charge in [0.05, 0.1) is 6.54 Å². The van der Waals surface area contributed by atoms with Gasteiger partial charge in [0.2, 0.25) is 0 Å². The molecule has 4 heterocycles. The van der Waals surface area contributed by atoms with Gasteiger partial charge >= 0.3 is 0 Å². The summed E-state index contributed by atoms with van der Waals surface area (Å²) >= 11 is 0. The Kier molecular flexibility index (Phi) is 4.86. The van der Waals surface area contributed by atoms with Crippen LogP contribution in [-0.2, 0) is 6.42 Å². The van der Waals surface area contributed by atoms with E-state index in [2.05, 4.69) is 38.1 Å². The van der Waals surface area contributed by atoms with Crippen molar-refractivity contribution in [1.82, 2.24) is 15.0 Å². The van der Waals surface area contributed by atoms with Gasteiger partial charge in [-0.05, 0) is 47.7 Å². The molecule has 0 aromatic carbocycles. The highest BCUT2D eigenvalue weighted by atomic mass is 19.1. The molecule has 0 aliphatic carbocycles. The molecule has 4 nitrogen and oxygen atoms in total. The number of aromatic nitrogens is 3. The zero-order valence-corrected chi connectivity index (χ0v) is 14.5. The molecule has 3 aromatic rings. The predicted octanol–water partition coefficient (Wildman–Crippen LogP) is 3.79. The highest BCUT2D eigenvalue weighted by Crippen LogP contribution is 2.32. The number of alkyl halides is 1. The van der Waals surface area contributed by atoms with Crippen LogP contribution in [0.2, 0.25) is 0 Å². The topological polar surface area (TPSA) is 41.9 Å². The van der Waals surface area contributed by atoms with Crippen molar-refractivity contribution in [2.24, 2.45) is 0 Å². The van der Waals surface area contributed by atoms with E-state index in [9.17, 15) is 4.39 Å². The van der Waals surface area contributed by atoms with Gasteiger partial charge in [0.1, 0.15) is 12.0 Å². The Morgan fingerprint density at radius 3 is 2.27 bits per heavy atom. The van der Waals surface area contributed by atoms with Gasteiger partial charge in [-0.1, -0.05) is 18.2 Å². The zero-order chi connectivity index (χ0) is 17.8. The molecule has 0 spiro atoms. The number of halogens is 1. The molecule has 0 N–H and O–H groups in total. The number of pyridine rings is 3. The van der Waals surface area contributed by atoms with Crippen molar-refractivity contribution < 1.29 is 4.39 Å². The van der Waals surface area contributed by atoms with E-state index in [1.54, 1.807) is 18.6 Å². The molecule has 0 amide bonds. The van der Waals surface area contributed by atoms with E-state index in [1.807, 2.05) is 30.6 Å². The largest absolute Gasteiger partial charge is 0.353 e. The fraction of sp³-hybridized carbons (Fsp3) is 0.286. The van der Waals surface area contributed by atoms with Crippen LogP contribution in [0.25, 0.3) is 0 Å². The quantitative estimate of drug-likeness (QED) is 0.703. The molecule has 1 saturated heterocycles. The Morgan fingerprint density at radius 2 is 1.69 bits per heavy atom. The van der Waals surface area contributed by atoms with E-state index >= 15 is 0 Å². The maximum Gasteiger partial charge on any atom is 0.131 e. The van der Waals surface area contributed by atoms with E-state index in [4.69, 9.17) is 0 Å². The van der Waals surface area contributed by atoms with Crippen LogP contribution in [0.1, 0.15) is 29.0 Å². The lowest BCUT2D eigenvalue weighted by atomic mass is 9.87. The fourth-order valence-corrected chi connectivity index (χ4v) is 3.60. The van der Waals surface area contributed by atoms with E-state index in [-0.39, 0.29) is 5.92 Å². The summed E-state index contributed by atoms with van der Waals surface area (Å²) in [6, 6.07) is 12.1. The molecule has 0 radical (unpaired) electrons. The molecule has 0 bridgehead atoms. The lowest BCUT2D eigenvalue weighted by molar-refractivity contribution is 0.364. The lowest BCUT2D eigenvalue weighted by Crippen LogP contribution is -2.23. The van der Waals surface area contributed by atoms with Crippen molar-refractivity contribution in [1.29, 1.82) is 0 Å². The highest BCUT2D eigenvalue weighted by molar-refractivity contribution is 5.49. The Labute approximate surface area is 152 Å².